The Morgan fingerprint density at radius 2 is 1.97 bits per heavy atom. The lowest BCUT2D eigenvalue weighted by Crippen LogP contribution is -2.31. The van der Waals surface area contributed by atoms with Crippen molar-refractivity contribution in [2.45, 2.75) is 19.4 Å². The van der Waals surface area contributed by atoms with E-state index in [2.05, 4.69) is 43.1 Å². The summed E-state index contributed by atoms with van der Waals surface area (Å²) >= 11 is 0. The number of rotatable bonds is 5. The summed E-state index contributed by atoms with van der Waals surface area (Å²) in [4.78, 5) is 13.5. The van der Waals surface area contributed by atoms with Crippen molar-refractivity contribution in [1.82, 2.24) is 30.0 Å². The lowest BCUT2D eigenvalue weighted by molar-refractivity contribution is 0.576. The Balaban J connectivity index is 1.49. The third-order valence-corrected chi connectivity index (χ3v) is 5.52. The second-order valence-corrected chi connectivity index (χ2v) is 7.63. The van der Waals surface area contributed by atoms with Crippen LogP contribution in [0.4, 0.5) is 21.8 Å². The van der Waals surface area contributed by atoms with Crippen molar-refractivity contribution in [2.24, 2.45) is 0 Å². The molecular formula is C23H23FN8. The van der Waals surface area contributed by atoms with E-state index in [1.54, 1.807) is 19.1 Å². The predicted molar refractivity (Wildman–Crippen MR) is 121 cm³/mol. The molecule has 0 saturated heterocycles. The number of nitrogens with zero attached hydrogens (tertiary/aromatic N) is 5. The molecular weight excluding hydrogens is 407 g/mol. The van der Waals surface area contributed by atoms with Gasteiger partial charge in [0, 0.05) is 37.3 Å². The lowest BCUT2D eigenvalue weighted by Gasteiger charge is -2.27. The lowest BCUT2D eigenvalue weighted by atomic mass is 9.90. The van der Waals surface area contributed by atoms with Gasteiger partial charge in [-0.25, -0.2) is 19.0 Å². The molecule has 1 atom stereocenters. The number of aromatic nitrogens is 5. The summed E-state index contributed by atoms with van der Waals surface area (Å²) in [5.74, 6) is 1.43. The first-order chi connectivity index (χ1) is 15.6. The highest BCUT2D eigenvalue weighted by Crippen LogP contribution is 2.33. The summed E-state index contributed by atoms with van der Waals surface area (Å²) in [6.07, 6.45) is 1.49. The zero-order chi connectivity index (χ0) is 22.1. The van der Waals surface area contributed by atoms with Crippen LogP contribution in [-0.4, -0.2) is 38.3 Å². The third kappa shape index (κ3) is 3.78. The Morgan fingerprint density at radius 1 is 1.12 bits per heavy atom. The molecule has 1 aliphatic rings. The number of fused-ring (bicyclic) bond motifs is 1. The van der Waals surface area contributed by atoms with Crippen LogP contribution < -0.4 is 16.0 Å². The highest BCUT2D eigenvalue weighted by Gasteiger charge is 2.26. The summed E-state index contributed by atoms with van der Waals surface area (Å²) in [6, 6.07) is 15.1. The number of hydrogen-bond donors (Lipinski definition) is 3. The molecule has 3 heterocycles. The topological polar surface area (TPSA) is 92.6 Å². The van der Waals surface area contributed by atoms with E-state index in [9.17, 15) is 4.39 Å². The van der Waals surface area contributed by atoms with E-state index in [0.29, 0.717) is 29.7 Å². The van der Waals surface area contributed by atoms with Crippen LogP contribution in [0, 0.1) is 12.7 Å². The minimum Gasteiger partial charge on any atom is -0.373 e. The normalized spacial score (nSPS) is 15.3. The molecule has 0 amide bonds. The predicted octanol–water partition coefficient (Wildman–Crippen LogP) is 3.53. The molecule has 32 heavy (non-hydrogen) atoms. The Hall–Kier alpha value is -3.85. The van der Waals surface area contributed by atoms with Gasteiger partial charge < -0.3 is 16.0 Å². The maximum absolute atomic E-state index is 14.8. The molecule has 9 heteroatoms. The van der Waals surface area contributed by atoms with Gasteiger partial charge in [0.1, 0.15) is 23.7 Å². The average Bonchev–Trinajstić information content (AvgIpc) is 3.24. The minimum absolute atomic E-state index is 0.102. The highest BCUT2D eigenvalue weighted by atomic mass is 19.1. The number of benzene rings is 2. The van der Waals surface area contributed by atoms with Crippen molar-refractivity contribution >= 4 is 17.5 Å². The van der Waals surface area contributed by atoms with Gasteiger partial charge >= 0.3 is 0 Å². The van der Waals surface area contributed by atoms with Crippen molar-refractivity contribution in [3.8, 4) is 5.69 Å². The van der Waals surface area contributed by atoms with Crippen LogP contribution in [0.3, 0.4) is 0 Å². The molecule has 8 nitrogen and oxygen atoms in total. The zero-order valence-corrected chi connectivity index (χ0v) is 17.8. The van der Waals surface area contributed by atoms with Crippen molar-refractivity contribution in [3.63, 3.8) is 0 Å². The van der Waals surface area contributed by atoms with Crippen molar-refractivity contribution < 1.29 is 4.39 Å². The van der Waals surface area contributed by atoms with Gasteiger partial charge in [-0.15, -0.1) is 0 Å². The van der Waals surface area contributed by atoms with Gasteiger partial charge in [0.15, 0.2) is 5.82 Å². The molecule has 4 aromatic rings. The minimum atomic E-state index is -0.418. The SMILES string of the molecule is CNc1nc(Nc2ccc(-n3cnc(C)n3)c(F)c2)nc2c1CNCC2c1ccccc1. The summed E-state index contributed by atoms with van der Waals surface area (Å²) in [5.41, 5.74) is 4.07. The monoisotopic (exact) mass is 430 g/mol. The number of hydrogen-bond acceptors (Lipinski definition) is 7. The Bertz CT molecular complexity index is 1250. The van der Waals surface area contributed by atoms with Gasteiger partial charge in [0.25, 0.3) is 0 Å². The molecule has 2 aromatic carbocycles. The van der Waals surface area contributed by atoms with Crippen LogP contribution in [0.1, 0.15) is 28.6 Å². The first kappa shape index (κ1) is 20.1. The fourth-order valence-electron chi connectivity index (χ4n) is 3.99. The second-order valence-electron chi connectivity index (χ2n) is 7.63. The van der Waals surface area contributed by atoms with Crippen LogP contribution in [0.2, 0.25) is 0 Å². The molecule has 162 valence electrons. The van der Waals surface area contributed by atoms with E-state index in [4.69, 9.17) is 4.98 Å². The standard InChI is InChI=1S/C23H23FN8/c1-14-27-13-32(31-14)20-9-8-16(10-19(20)24)28-23-29-21-17(15-6-4-3-5-7-15)11-26-12-18(21)22(25-2)30-23/h3-10,13,17,26H,11-12H2,1-2H3,(H2,25,28,29,30). The van der Waals surface area contributed by atoms with Crippen molar-refractivity contribution in [1.29, 1.82) is 0 Å². The molecule has 0 spiro atoms. The average molecular weight is 430 g/mol. The molecule has 3 N–H and O–H groups in total. The Morgan fingerprint density at radius 3 is 2.69 bits per heavy atom. The molecule has 2 aromatic heterocycles. The summed E-state index contributed by atoms with van der Waals surface area (Å²) in [7, 11) is 1.84. The van der Waals surface area contributed by atoms with Crippen LogP contribution in [-0.2, 0) is 6.54 Å². The second kappa shape index (κ2) is 8.35. The summed E-state index contributed by atoms with van der Waals surface area (Å²) < 4.78 is 16.2. The molecule has 0 bridgehead atoms. The van der Waals surface area contributed by atoms with E-state index in [1.165, 1.54) is 22.6 Å². The first-order valence-corrected chi connectivity index (χ1v) is 10.4. The maximum atomic E-state index is 14.8. The molecule has 0 aliphatic carbocycles. The van der Waals surface area contributed by atoms with Gasteiger partial charge in [0.2, 0.25) is 5.95 Å². The van der Waals surface area contributed by atoms with E-state index in [1.807, 2.05) is 25.2 Å². The van der Waals surface area contributed by atoms with Crippen molar-refractivity contribution in [3.05, 3.63) is 83.3 Å². The maximum Gasteiger partial charge on any atom is 0.229 e. The quantitative estimate of drug-likeness (QED) is 0.446. The van der Waals surface area contributed by atoms with Crippen molar-refractivity contribution in [2.75, 3.05) is 24.2 Å². The smallest absolute Gasteiger partial charge is 0.229 e. The Labute approximate surface area is 185 Å². The molecule has 0 radical (unpaired) electrons. The summed E-state index contributed by atoms with van der Waals surface area (Å²) in [5, 5.41) is 14.0. The van der Waals surface area contributed by atoms with E-state index in [-0.39, 0.29) is 5.92 Å². The molecule has 0 fully saturated rings. The molecule has 0 saturated carbocycles. The number of halogens is 1. The van der Waals surface area contributed by atoms with Gasteiger partial charge in [-0.2, -0.15) is 10.1 Å². The van der Waals surface area contributed by atoms with E-state index < -0.39 is 5.82 Å². The molecule has 5 rings (SSSR count). The highest BCUT2D eigenvalue weighted by molar-refractivity contribution is 5.60. The van der Waals surface area contributed by atoms with Crippen LogP contribution in [0.15, 0.2) is 54.9 Å². The van der Waals surface area contributed by atoms with Gasteiger partial charge in [0.05, 0.1) is 5.69 Å². The van der Waals surface area contributed by atoms with Crippen LogP contribution >= 0.6 is 0 Å². The largest absolute Gasteiger partial charge is 0.373 e. The third-order valence-electron chi connectivity index (χ3n) is 5.52. The Kier molecular flexibility index (Phi) is 5.24. The zero-order valence-electron chi connectivity index (χ0n) is 17.8. The van der Waals surface area contributed by atoms with Gasteiger partial charge in [-0.3, -0.25) is 0 Å². The fraction of sp³-hybridized carbons (Fsp3) is 0.217. The first-order valence-electron chi connectivity index (χ1n) is 10.4. The summed E-state index contributed by atoms with van der Waals surface area (Å²) in [6.45, 7) is 3.24. The van der Waals surface area contributed by atoms with Crippen LogP contribution in [0.5, 0.6) is 0 Å². The van der Waals surface area contributed by atoms with Gasteiger partial charge in [-0.05, 0) is 30.7 Å². The van der Waals surface area contributed by atoms with E-state index >= 15 is 0 Å². The molecule has 1 unspecified atom stereocenters. The molecule has 1 aliphatic heterocycles. The van der Waals surface area contributed by atoms with E-state index in [0.717, 1.165) is 23.6 Å². The number of aryl methyl sites for hydroxylation is 1. The van der Waals surface area contributed by atoms with Gasteiger partial charge in [-0.1, -0.05) is 30.3 Å². The fourth-order valence-corrected chi connectivity index (χ4v) is 3.99. The number of anilines is 3. The van der Waals surface area contributed by atoms with Crippen LogP contribution in [0.25, 0.3) is 5.69 Å². The number of nitrogens with one attached hydrogen (secondary N) is 3.